The van der Waals surface area contributed by atoms with Gasteiger partial charge in [-0.3, -0.25) is 4.90 Å². The molecule has 3 nitrogen and oxygen atoms in total. The van der Waals surface area contributed by atoms with Gasteiger partial charge in [-0.25, -0.2) is 0 Å². The number of methoxy groups -OCH3 is 1. The summed E-state index contributed by atoms with van der Waals surface area (Å²) in [5.41, 5.74) is 2.17. The van der Waals surface area contributed by atoms with Crippen LogP contribution in [0.3, 0.4) is 0 Å². The summed E-state index contributed by atoms with van der Waals surface area (Å²) in [5.74, 6) is 0.809. The Morgan fingerprint density at radius 2 is 1.77 bits per heavy atom. The fourth-order valence-electron chi connectivity index (χ4n) is 3.38. The van der Waals surface area contributed by atoms with Gasteiger partial charge in [-0.2, -0.15) is 13.2 Å². The van der Waals surface area contributed by atoms with Crippen LogP contribution >= 0.6 is 0 Å². The normalized spacial score (nSPS) is 11.6. The smallest absolute Gasteiger partial charge is 0.416 e. The van der Waals surface area contributed by atoms with E-state index in [9.17, 15) is 13.2 Å². The third-order valence-electron chi connectivity index (χ3n) is 4.87. The minimum atomic E-state index is -4.34. The molecule has 0 unspecified atom stereocenters. The van der Waals surface area contributed by atoms with Crippen molar-refractivity contribution in [3.8, 4) is 5.75 Å². The van der Waals surface area contributed by atoms with Gasteiger partial charge in [-0.1, -0.05) is 30.3 Å². The highest BCUT2D eigenvalue weighted by Crippen LogP contribution is 2.29. The molecule has 0 aliphatic carbocycles. The Balaban J connectivity index is 1.73. The van der Waals surface area contributed by atoms with Gasteiger partial charge in [0.25, 0.3) is 0 Å². The number of benzene rings is 2. The van der Waals surface area contributed by atoms with Gasteiger partial charge in [-0.15, -0.1) is 6.58 Å². The number of nitrogens with zero attached hydrogens (tertiary/aromatic N) is 2. The molecule has 0 aliphatic heterocycles. The predicted molar refractivity (Wildman–Crippen MR) is 112 cm³/mol. The molecule has 0 amide bonds. The predicted octanol–water partition coefficient (Wildman–Crippen LogP) is 5.75. The largest absolute Gasteiger partial charge is 0.497 e. The van der Waals surface area contributed by atoms with E-state index in [0.717, 1.165) is 29.6 Å². The van der Waals surface area contributed by atoms with Crippen molar-refractivity contribution < 1.29 is 17.9 Å². The average Bonchev–Trinajstić information content (AvgIpc) is 3.15. The summed E-state index contributed by atoms with van der Waals surface area (Å²) >= 11 is 0. The van der Waals surface area contributed by atoms with Gasteiger partial charge in [0.05, 0.1) is 12.7 Å². The lowest BCUT2D eigenvalue weighted by Crippen LogP contribution is -2.24. The fourth-order valence-corrected chi connectivity index (χ4v) is 3.38. The van der Waals surface area contributed by atoms with Gasteiger partial charge < -0.3 is 9.30 Å². The van der Waals surface area contributed by atoms with E-state index < -0.39 is 11.7 Å². The molecule has 0 aliphatic rings. The van der Waals surface area contributed by atoms with Crippen LogP contribution in [0.1, 0.15) is 22.4 Å². The van der Waals surface area contributed by atoms with Gasteiger partial charge in [0.2, 0.25) is 0 Å². The topological polar surface area (TPSA) is 17.4 Å². The molecule has 1 aromatic heterocycles. The summed E-state index contributed by atoms with van der Waals surface area (Å²) in [7, 11) is 1.64. The zero-order valence-electron chi connectivity index (χ0n) is 16.9. The molecule has 158 valence electrons. The average molecular weight is 414 g/mol. The molecule has 0 spiro atoms. The van der Waals surface area contributed by atoms with Crippen LogP contribution in [0.5, 0.6) is 5.75 Å². The van der Waals surface area contributed by atoms with E-state index in [4.69, 9.17) is 4.74 Å². The summed E-state index contributed by atoms with van der Waals surface area (Å²) in [4.78, 5) is 2.23. The number of alkyl halides is 3. The van der Waals surface area contributed by atoms with Gasteiger partial charge >= 0.3 is 6.18 Å². The first-order valence-corrected chi connectivity index (χ1v) is 9.65. The fraction of sp³-hybridized carbons (Fsp3) is 0.250. The molecule has 3 aromatic rings. The van der Waals surface area contributed by atoms with Gasteiger partial charge in [0.1, 0.15) is 5.75 Å². The second-order valence-electron chi connectivity index (χ2n) is 7.13. The highest BCUT2D eigenvalue weighted by molar-refractivity contribution is 5.28. The van der Waals surface area contributed by atoms with Crippen molar-refractivity contribution in [2.24, 2.45) is 0 Å². The minimum absolute atomic E-state index is 0.386. The lowest BCUT2D eigenvalue weighted by Gasteiger charge is -2.22. The van der Waals surface area contributed by atoms with Crippen LogP contribution in [0.4, 0.5) is 13.2 Å². The van der Waals surface area contributed by atoms with Crippen LogP contribution in [0.15, 0.2) is 79.5 Å². The lowest BCUT2D eigenvalue weighted by molar-refractivity contribution is -0.137. The third-order valence-corrected chi connectivity index (χ3v) is 4.87. The molecule has 2 aromatic carbocycles. The summed E-state index contributed by atoms with van der Waals surface area (Å²) in [6, 6.07) is 17.3. The monoisotopic (exact) mass is 414 g/mol. The quantitative estimate of drug-likeness (QED) is 0.415. The second-order valence-corrected chi connectivity index (χ2v) is 7.13. The van der Waals surface area contributed by atoms with Crippen LogP contribution in [-0.2, 0) is 25.8 Å². The van der Waals surface area contributed by atoms with E-state index in [1.54, 1.807) is 13.2 Å². The minimum Gasteiger partial charge on any atom is -0.497 e. The van der Waals surface area contributed by atoms with Crippen LogP contribution in [0.2, 0.25) is 0 Å². The molecule has 0 saturated carbocycles. The molecule has 0 saturated heterocycles. The number of rotatable bonds is 9. The highest BCUT2D eigenvalue weighted by Gasteiger charge is 2.30. The Bertz CT molecular complexity index is 961. The number of halogens is 3. The number of hydrogen-bond acceptors (Lipinski definition) is 2. The summed E-state index contributed by atoms with van der Waals surface area (Å²) in [5, 5.41) is 0. The molecule has 3 rings (SSSR count). The van der Waals surface area contributed by atoms with E-state index in [-0.39, 0.29) is 0 Å². The van der Waals surface area contributed by atoms with Crippen molar-refractivity contribution in [3.63, 3.8) is 0 Å². The Labute approximate surface area is 175 Å². The van der Waals surface area contributed by atoms with Crippen LogP contribution in [0.25, 0.3) is 0 Å². The summed E-state index contributed by atoms with van der Waals surface area (Å²) in [6.45, 7) is 6.31. The third kappa shape index (κ3) is 5.76. The van der Waals surface area contributed by atoms with Gasteiger partial charge in [0.15, 0.2) is 0 Å². The Hall–Kier alpha value is -2.99. The van der Waals surface area contributed by atoms with Crippen molar-refractivity contribution in [1.82, 2.24) is 9.47 Å². The lowest BCUT2D eigenvalue weighted by atomic mass is 10.1. The first kappa shape index (κ1) is 21.7. The molecule has 30 heavy (non-hydrogen) atoms. The molecule has 0 N–H and O–H groups in total. The molecule has 0 bridgehead atoms. The SMILES string of the molecule is C=CCN(Cc1ccc(OC)cc1)Cc1cccn1Cc1cccc(C(F)(F)F)c1. The van der Waals surface area contributed by atoms with Gasteiger partial charge in [0, 0.05) is 38.1 Å². The summed E-state index contributed by atoms with van der Waals surface area (Å²) < 4.78 is 46.2. The van der Waals surface area contributed by atoms with E-state index in [1.165, 1.54) is 12.1 Å². The second kappa shape index (κ2) is 9.67. The number of ether oxygens (including phenoxy) is 1. The van der Waals surface area contributed by atoms with Gasteiger partial charge in [-0.05, 0) is 47.5 Å². The van der Waals surface area contributed by atoms with Crippen LogP contribution < -0.4 is 4.74 Å². The first-order valence-electron chi connectivity index (χ1n) is 9.65. The van der Waals surface area contributed by atoms with Crippen molar-refractivity contribution in [3.05, 3.63) is 102 Å². The maximum atomic E-state index is 13.0. The molecular weight excluding hydrogens is 389 g/mol. The Morgan fingerprint density at radius 3 is 2.43 bits per heavy atom. The molecule has 6 heteroatoms. The van der Waals surface area contributed by atoms with Crippen molar-refractivity contribution >= 4 is 0 Å². The van der Waals surface area contributed by atoms with Crippen LogP contribution in [0, 0.1) is 0 Å². The van der Waals surface area contributed by atoms with E-state index >= 15 is 0 Å². The standard InChI is InChI=1S/C24H25F3N2O/c1-3-13-28(16-19-9-11-23(30-2)12-10-19)18-22-8-5-14-29(22)17-20-6-4-7-21(15-20)24(25,26)27/h3-12,14-15H,1,13,16-18H2,2H3. The Kier molecular flexibility index (Phi) is 7.00. The maximum Gasteiger partial charge on any atom is 0.416 e. The van der Waals surface area contributed by atoms with E-state index in [0.29, 0.717) is 25.2 Å². The molecule has 0 radical (unpaired) electrons. The molecule has 1 heterocycles. The Morgan fingerprint density at radius 1 is 1.00 bits per heavy atom. The number of aromatic nitrogens is 1. The molecule has 0 fully saturated rings. The van der Waals surface area contributed by atoms with Crippen molar-refractivity contribution in [1.29, 1.82) is 0 Å². The zero-order valence-corrected chi connectivity index (χ0v) is 16.9. The molecule has 0 atom stereocenters. The number of hydrogen-bond donors (Lipinski definition) is 0. The van der Waals surface area contributed by atoms with Crippen LogP contribution in [-0.4, -0.2) is 23.1 Å². The van der Waals surface area contributed by atoms with E-state index in [1.807, 2.05) is 53.2 Å². The first-order chi connectivity index (χ1) is 14.4. The summed E-state index contributed by atoms with van der Waals surface area (Å²) in [6.07, 6.45) is -0.590. The van der Waals surface area contributed by atoms with E-state index in [2.05, 4.69) is 11.5 Å². The maximum absolute atomic E-state index is 13.0. The molecular formula is C24H25F3N2O. The zero-order chi connectivity index (χ0) is 21.6. The van der Waals surface area contributed by atoms with Crippen molar-refractivity contribution in [2.45, 2.75) is 25.8 Å². The van der Waals surface area contributed by atoms with Crippen molar-refractivity contribution in [2.75, 3.05) is 13.7 Å². The highest BCUT2D eigenvalue weighted by atomic mass is 19.4.